The molecule has 1 aromatic heterocycles. The monoisotopic (exact) mass is 261 g/mol. The smallest absolute Gasteiger partial charge is 0.292 e. The minimum absolute atomic E-state index is 0.117. The predicted octanol–water partition coefficient (Wildman–Crippen LogP) is 1.03. The van der Waals surface area contributed by atoms with Crippen molar-refractivity contribution in [2.24, 2.45) is 5.73 Å². The number of carbonyl (C=O) groups excluding carboxylic acids is 1. The van der Waals surface area contributed by atoms with Crippen LogP contribution in [-0.2, 0) is 6.54 Å². The molecule has 0 aliphatic heterocycles. The molecule has 1 amide bonds. The molecule has 2 rings (SSSR count). The molecule has 8 nitrogen and oxygen atoms in total. The fraction of sp³-hybridized carbons (Fsp3) is 0.0909. The Hall–Kier alpha value is -2.90. The molecule has 1 aromatic carbocycles. The highest BCUT2D eigenvalue weighted by atomic mass is 16.6. The number of rotatable bonds is 5. The zero-order chi connectivity index (χ0) is 13.8. The molecule has 0 saturated heterocycles. The van der Waals surface area contributed by atoms with Crippen molar-refractivity contribution in [1.29, 1.82) is 0 Å². The average Bonchev–Trinajstić information content (AvgIpc) is 2.88. The van der Waals surface area contributed by atoms with Gasteiger partial charge in [-0.05, 0) is 12.1 Å². The summed E-state index contributed by atoms with van der Waals surface area (Å²) in [5, 5.41) is 20.2. The molecule has 0 aliphatic rings. The number of aromatic nitrogens is 2. The first-order chi connectivity index (χ1) is 9.08. The van der Waals surface area contributed by atoms with Crippen molar-refractivity contribution in [3.63, 3.8) is 0 Å². The summed E-state index contributed by atoms with van der Waals surface area (Å²) in [4.78, 5) is 21.4. The van der Waals surface area contributed by atoms with E-state index >= 15 is 0 Å². The Balaban J connectivity index is 2.27. The van der Waals surface area contributed by atoms with Gasteiger partial charge in [0.25, 0.3) is 5.69 Å². The first-order valence-electron chi connectivity index (χ1n) is 5.37. The van der Waals surface area contributed by atoms with Crippen molar-refractivity contribution in [2.45, 2.75) is 6.54 Å². The number of hydrogen-bond donors (Lipinski definition) is 3. The molecular weight excluding hydrogens is 250 g/mol. The number of nitro benzene ring substituents is 1. The number of aromatic amines is 1. The summed E-state index contributed by atoms with van der Waals surface area (Å²) in [6.07, 6.45) is 3.26. The molecule has 0 unspecified atom stereocenters. The number of amides is 1. The van der Waals surface area contributed by atoms with Crippen LogP contribution in [0, 0.1) is 10.1 Å². The number of benzene rings is 1. The molecular formula is C11H11N5O3. The Kier molecular flexibility index (Phi) is 3.42. The molecule has 19 heavy (non-hydrogen) atoms. The van der Waals surface area contributed by atoms with E-state index in [1.165, 1.54) is 18.2 Å². The standard InChI is InChI=1S/C11H11N5O3/c12-11(17)8-1-2-10(16(18)19)9(3-8)13-4-7-5-14-15-6-7/h1-3,5-6,13H,4H2,(H2,12,17)(H,14,15). The summed E-state index contributed by atoms with van der Waals surface area (Å²) in [5.74, 6) is -0.638. The summed E-state index contributed by atoms with van der Waals surface area (Å²) in [6.45, 7) is 0.347. The van der Waals surface area contributed by atoms with E-state index < -0.39 is 10.8 Å². The zero-order valence-electron chi connectivity index (χ0n) is 9.79. The van der Waals surface area contributed by atoms with Gasteiger partial charge >= 0.3 is 0 Å². The van der Waals surface area contributed by atoms with E-state index in [1.807, 2.05) is 0 Å². The lowest BCUT2D eigenvalue weighted by atomic mass is 10.1. The van der Waals surface area contributed by atoms with E-state index in [0.717, 1.165) is 5.56 Å². The lowest BCUT2D eigenvalue weighted by Gasteiger charge is -2.07. The van der Waals surface area contributed by atoms with Gasteiger partial charge in [0.1, 0.15) is 5.69 Å². The summed E-state index contributed by atoms with van der Waals surface area (Å²) in [6, 6.07) is 3.93. The molecule has 0 fully saturated rings. The topological polar surface area (TPSA) is 127 Å². The molecule has 8 heteroatoms. The molecule has 2 aromatic rings. The van der Waals surface area contributed by atoms with Crippen LogP contribution in [-0.4, -0.2) is 21.0 Å². The highest BCUT2D eigenvalue weighted by molar-refractivity contribution is 5.94. The van der Waals surface area contributed by atoms with Gasteiger partial charge in [0.15, 0.2) is 0 Å². The number of carbonyl (C=O) groups is 1. The van der Waals surface area contributed by atoms with Crippen LogP contribution >= 0.6 is 0 Å². The van der Waals surface area contributed by atoms with Crippen LogP contribution in [0.3, 0.4) is 0 Å². The van der Waals surface area contributed by atoms with Crippen LogP contribution in [0.15, 0.2) is 30.6 Å². The van der Waals surface area contributed by atoms with Crippen molar-refractivity contribution in [2.75, 3.05) is 5.32 Å². The Morgan fingerprint density at radius 2 is 2.32 bits per heavy atom. The fourth-order valence-electron chi connectivity index (χ4n) is 1.56. The number of anilines is 1. The zero-order valence-corrected chi connectivity index (χ0v) is 9.79. The number of primary amides is 1. The minimum atomic E-state index is -0.638. The van der Waals surface area contributed by atoms with Gasteiger partial charge in [0, 0.05) is 29.9 Å². The van der Waals surface area contributed by atoms with E-state index in [2.05, 4.69) is 15.5 Å². The first kappa shape index (κ1) is 12.6. The third-order valence-electron chi connectivity index (χ3n) is 2.52. The summed E-state index contributed by atoms with van der Waals surface area (Å²) < 4.78 is 0. The first-order valence-corrected chi connectivity index (χ1v) is 5.37. The van der Waals surface area contributed by atoms with Crippen molar-refractivity contribution >= 4 is 17.3 Å². The largest absolute Gasteiger partial charge is 0.375 e. The molecule has 4 N–H and O–H groups in total. The second kappa shape index (κ2) is 5.17. The maximum absolute atomic E-state index is 11.1. The molecule has 0 atom stereocenters. The van der Waals surface area contributed by atoms with E-state index in [1.54, 1.807) is 12.4 Å². The molecule has 98 valence electrons. The van der Waals surface area contributed by atoms with E-state index in [4.69, 9.17) is 5.73 Å². The normalized spacial score (nSPS) is 10.1. The summed E-state index contributed by atoms with van der Waals surface area (Å²) in [5.41, 5.74) is 6.31. The van der Waals surface area contributed by atoms with Crippen LogP contribution < -0.4 is 11.1 Å². The van der Waals surface area contributed by atoms with E-state index in [0.29, 0.717) is 6.54 Å². The average molecular weight is 261 g/mol. The number of nitro groups is 1. The van der Waals surface area contributed by atoms with Crippen LogP contribution in [0.2, 0.25) is 0 Å². The lowest BCUT2D eigenvalue weighted by Crippen LogP contribution is -2.12. The molecule has 0 radical (unpaired) electrons. The Morgan fingerprint density at radius 1 is 1.53 bits per heavy atom. The number of H-pyrrole nitrogens is 1. The van der Waals surface area contributed by atoms with Gasteiger partial charge in [0.05, 0.1) is 11.1 Å². The predicted molar refractivity (Wildman–Crippen MR) is 67.5 cm³/mol. The Bertz CT molecular complexity index is 609. The number of nitrogens with zero attached hydrogens (tertiary/aromatic N) is 2. The highest BCUT2D eigenvalue weighted by Gasteiger charge is 2.15. The van der Waals surface area contributed by atoms with Crippen LogP contribution in [0.4, 0.5) is 11.4 Å². The molecule has 0 spiro atoms. The van der Waals surface area contributed by atoms with Crippen molar-refractivity contribution in [1.82, 2.24) is 10.2 Å². The Morgan fingerprint density at radius 3 is 2.89 bits per heavy atom. The Labute approximate surface area is 107 Å². The number of nitrogens with one attached hydrogen (secondary N) is 2. The molecule has 0 aliphatic carbocycles. The van der Waals surface area contributed by atoms with Gasteiger partial charge in [-0.25, -0.2) is 0 Å². The molecule has 0 saturated carbocycles. The third kappa shape index (κ3) is 2.86. The maximum Gasteiger partial charge on any atom is 0.292 e. The van der Waals surface area contributed by atoms with Gasteiger partial charge in [-0.15, -0.1) is 0 Å². The van der Waals surface area contributed by atoms with Crippen molar-refractivity contribution < 1.29 is 9.72 Å². The second-order valence-corrected chi connectivity index (χ2v) is 3.81. The summed E-state index contributed by atoms with van der Waals surface area (Å²) in [7, 11) is 0. The number of hydrogen-bond acceptors (Lipinski definition) is 5. The van der Waals surface area contributed by atoms with Gasteiger partial charge < -0.3 is 11.1 Å². The molecule has 0 bridgehead atoms. The quantitative estimate of drug-likeness (QED) is 0.547. The fourth-order valence-corrected chi connectivity index (χ4v) is 1.56. The number of nitrogens with two attached hydrogens (primary N) is 1. The van der Waals surface area contributed by atoms with Gasteiger partial charge in [-0.2, -0.15) is 5.10 Å². The van der Waals surface area contributed by atoms with Crippen LogP contribution in [0.1, 0.15) is 15.9 Å². The highest BCUT2D eigenvalue weighted by Crippen LogP contribution is 2.25. The van der Waals surface area contributed by atoms with Gasteiger partial charge in [-0.1, -0.05) is 0 Å². The third-order valence-corrected chi connectivity index (χ3v) is 2.52. The van der Waals surface area contributed by atoms with Gasteiger partial charge in [-0.3, -0.25) is 20.0 Å². The van der Waals surface area contributed by atoms with Crippen molar-refractivity contribution in [3.8, 4) is 0 Å². The minimum Gasteiger partial charge on any atom is -0.375 e. The van der Waals surface area contributed by atoms with Gasteiger partial charge in [0.2, 0.25) is 5.91 Å². The SMILES string of the molecule is NC(=O)c1ccc([N+](=O)[O-])c(NCc2cn[nH]c2)c1. The van der Waals surface area contributed by atoms with E-state index in [-0.39, 0.29) is 16.9 Å². The summed E-state index contributed by atoms with van der Waals surface area (Å²) >= 11 is 0. The molecule has 1 heterocycles. The van der Waals surface area contributed by atoms with E-state index in [9.17, 15) is 14.9 Å². The van der Waals surface area contributed by atoms with Crippen LogP contribution in [0.25, 0.3) is 0 Å². The van der Waals surface area contributed by atoms with Crippen molar-refractivity contribution in [3.05, 3.63) is 51.8 Å². The lowest BCUT2D eigenvalue weighted by molar-refractivity contribution is -0.384. The second-order valence-electron chi connectivity index (χ2n) is 3.81. The van der Waals surface area contributed by atoms with Crippen LogP contribution in [0.5, 0.6) is 0 Å². The maximum atomic E-state index is 11.1.